The highest BCUT2D eigenvalue weighted by atomic mass is 16.5. The Morgan fingerprint density at radius 3 is 2.08 bits per heavy atom. The Hall–Kier alpha value is -5.10. The van der Waals surface area contributed by atoms with Gasteiger partial charge in [0.1, 0.15) is 5.60 Å². The number of ether oxygens (including phenoxy) is 1. The van der Waals surface area contributed by atoms with Gasteiger partial charge in [-0.1, -0.05) is 97.1 Å². The van der Waals surface area contributed by atoms with Crippen LogP contribution in [0.3, 0.4) is 0 Å². The van der Waals surface area contributed by atoms with Gasteiger partial charge in [0.15, 0.2) is 0 Å². The van der Waals surface area contributed by atoms with Crippen molar-refractivity contribution in [3.63, 3.8) is 0 Å². The zero-order chi connectivity index (χ0) is 33.1. The minimum absolute atomic E-state index is 0.464. The number of rotatable bonds is 11. The van der Waals surface area contributed by atoms with Gasteiger partial charge in [0.25, 0.3) is 0 Å². The van der Waals surface area contributed by atoms with E-state index in [9.17, 15) is 5.11 Å². The molecule has 0 saturated heterocycles. The fourth-order valence-corrected chi connectivity index (χ4v) is 7.03. The molecule has 0 saturated carbocycles. The van der Waals surface area contributed by atoms with Gasteiger partial charge in [-0.25, -0.2) is 4.98 Å². The molecule has 0 aliphatic carbocycles. The summed E-state index contributed by atoms with van der Waals surface area (Å²) in [5, 5.41) is 17.7. The van der Waals surface area contributed by atoms with Gasteiger partial charge in [0.05, 0.1) is 18.1 Å². The summed E-state index contributed by atoms with van der Waals surface area (Å²) in [6.45, 7) is 0.952. The fraction of sp³-hybridized carbons (Fsp3) is 0.209. The average Bonchev–Trinajstić information content (AvgIpc) is 3.13. The number of aromatic nitrogens is 2. The maximum Gasteiger partial charge on any atom is 0.217 e. The van der Waals surface area contributed by atoms with Crippen LogP contribution in [0.2, 0.25) is 0 Å². The summed E-state index contributed by atoms with van der Waals surface area (Å²) in [5.74, 6) is 0.0582. The van der Waals surface area contributed by atoms with Crippen LogP contribution in [-0.4, -0.2) is 47.7 Å². The molecule has 7 aromatic rings. The van der Waals surface area contributed by atoms with E-state index in [0.717, 1.165) is 79.8 Å². The first kappa shape index (κ1) is 31.5. The van der Waals surface area contributed by atoms with Crippen LogP contribution in [-0.2, 0) is 5.60 Å². The molecule has 1 N–H and O–H groups in total. The maximum atomic E-state index is 13.4. The summed E-state index contributed by atoms with van der Waals surface area (Å²) in [6.07, 6.45) is 4.32. The molecule has 0 amide bonds. The number of methoxy groups -OCH3 is 1. The Balaban J connectivity index is 1.41. The average molecular weight is 632 g/mol. The molecule has 2 atom stereocenters. The molecule has 0 aliphatic rings. The Kier molecular flexibility index (Phi) is 8.90. The number of hydrogen-bond donors (Lipinski definition) is 1. The number of para-hydroxylation sites is 2. The summed E-state index contributed by atoms with van der Waals surface area (Å²) in [5.41, 5.74) is 5.43. The van der Waals surface area contributed by atoms with Crippen LogP contribution >= 0.6 is 0 Å². The molecule has 5 aromatic carbocycles. The fourth-order valence-electron chi connectivity index (χ4n) is 7.03. The predicted molar refractivity (Wildman–Crippen MR) is 198 cm³/mol. The van der Waals surface area contributed by atoms with Gasteiger partial charge in [-0.15, -0.1) is 0 Å². The van der Waals surface area contributed by atoms with E-state index >= 15 is 0 Å². The van der Waals surface area contributed by atoms with E-state index in [2.05, 4.69) is 110 Å². The summed E-state index contributed by atoms with van der Waals surface area (Å²) >= 11 is 0. The molecule has 7 rings (SSSR count). The number of fused-ring (bicyclic) bond motifs is 3. The lowest BCUT2D eigenvalue weighted by Crippen LogP contribution is -2.35. The lowest BCUT2D eigenvalue weighted by molar-refractivity contribution is 0.00690. The third kappa shape index (κ3) is 6.27. The van der Waals surface area contributed by atoms with Crippen LogP contribution in [0.5, 0.6) is 5.88 Å². The van der Waals surface area contributed by atoms with E-state index in [4.69, 9.17) is 14.7 Å². The number of benzene rings is 5. The van der Waals surface area contributed by atoms with Gasteiger partial charge in [-0.05, 0) is 97.7 Å². The van der Waals surface area contributed by atoms with E-state index < -0.39 is 11.5 Å². The largest absolute Gasteiger partial charge is 0.481 e. The highest BCUT2D eigenvalue weighted by Crippen LogP contribution is 2.48. The third-order valence-corrected chi connectivity index (χ3v) is 9.53. The smallest absolute Gasteiger partial charge is 0.217 e. The van der Waals surface area contributed by atoms with Crippen LogP contribution in [0.1, 0.15) is 41.9 Å². The SMILES string of the molecule is COc1nc2ccccc2cc1C(c1ccc(-c2cnc3ccccc3c2)cc1)C(O)(CCCCN(C)C)c1ccc2ccccc2c1. The van der Waals surface area contributed by atoms with Crippen molar-refractivity contribution in [2.24, 2.45) is 0 Å². The number of hydrogen-bond acceptors (Lipinski definition) is 5. The molecular weight excluding hydrogens is 590 g/mol. The molecule has 240 valence electrons. The maximum absolute atomic E-state index is 13.4. The quantitative estimate of drug-likeness (QED) is 0.144. The Morgan fingerprint density at radius 1 is 0.688 bits per heavy atom. The molecule has 0 radical (unpaired) electrons. The minimum atomic E-state index is -1.26. The topological polar surface area (TPSA) is 58.5 Å². The van der Waals surface area contributed by atoms with Crippen molar-refractivity contribution in [3.8, 4) is 17.0 Å². The first-order chi connectivity index (χ1) is 23.4. The van der Waals surface area contributed by atoms with Crippen LogP contribution < -0.4 is 4.74 Å². The molecule has 2 unspecified atom stereocenters. The summed E-state index contributed by atoms with van der Waals surface area (Å²) < 4.78 is 6.01. The molecule has 5 heteroatoms. The van der Waals surface area contributed by atoms with Gasteiger partial charge >= 0.3 is 0 Å². The molecule has 48 heavy (non-hydrogen) atoms. The zero-order valence-corrected chi connectivity index (χ0v) is 27.8. The molecule has 5 nitrogen and oxygen atoms in total. The summed E-state index contributed by atoms with van der Waals surface area (Å²) in [4.78, 5) is 11.9. The Labute approximate surface area is 282 Å². The molecule has 2 heterocycles. The van der Waals surface area contributed by atoms with Crippen LogP contribution in [0.4, 0.5) is 0 Å². The van der Waals surface area contributed by atoms with Gasteiger partial charge in [0, 0.05) is 34.0 Å². The van der Waals surface area contributed by atoms with Crippen LogP contribution in [0.15, 0.2) is 134 Å². The van der Waals surface area contributed by atoms with Crippen molar-refractivity contribution in [2.45, 2.75) is 30.8 Å². The molecular formula is C43H41N3O2. The Bertz CT molecular complexity index is 2190. The third-order valence-electron chi connectivity index (χ3n) is 9.53. The van der Waals surface area contributed by atoms with Gasteiger partial charge in [-0.2, -0.15) is 0 Å². The molecule has 2 aromatic heterocycles. The second-order valence-electron chi connectivity index (χ2n) is 13.0. The lowest BCUT2D eigenvalue weighted by Gasteiger charge is -2.38. The van der Waals surface area contributed by atoms with Crippen molar-refractivity contribution < 1.29 is 9.84 Å². The van der Waals surface area contributed by atoms with Crippen molar-refractivity contribution >= 4 is 32.6 Å². The molecule has 0 aliphatic heterocycles. The molecule has 0 fully saturated rings. The van der Waals surface area contributed by atoms with E-state index in [1.165, 1.54) is 0 Å². The van der Waals surface area contributed by atoms with Crippen molar-refractivity contribution in [2.75, 3.05) is 27.7 Å². The normalized spacial score (nSPS) is 13.6. The second kappa shape index (κ2) is 13.6. The number of pyridine rings is 2. The van der Waals surface area contributed by atoms with Gasteiger partial charge in [-0.3, -0.25) is 4.98 Å². The van der Waals surface area contributed by atoms with E-state index in [-0.39, 0.29) is 0 Å². The van der Waals surface area contributed by atoms with E-state index in [1.54, 1.807) is 7.11 Å². The van der Waals surface area contributed by atoms with Crippen LogP contribution in [0.25, 0.3) is 43.7 Å². The standard InChI is InChI=1S/C43H41N3O2/c1-46(2)25-11-10-24-43(47,37-23-22-30-12-4-5-13-33(30)27-37)41(38-28-35-15-7-9-17-40(35)45-42(38)48-3)32-20-18-31(19-21-32)36-26-34-14-6-8-16-39(34)44-29-36/h4-9,12-23,26-29,41,47H,10-11,24-25H2,1-3H3. The van der Waals surface area contributed by atoms with Gasteiger partial charge < -0.3 is 14.7 Å². The van der Waals surface area contributed by atoms with Crippen molar-refractivity contribution in [1.82, 2.24) is 14.9 Å². The highest BCUT2D eigenvalue weighted by Gasteiger charge is 2.42. The first-order valence-corrected chi connectivity index (χ1v) is 16.7. The van der Waals surface area contributed by atoms with Crippen molar-refractivity contribution in [3.05, 3.63) is 150 Å². The Morgan fingerprint density at radius 2 is 1.35 bits per heavy atom. The van der Waals surface area contributed by atoms with Crippen molar-refractivity contribution in [1.29, 1.82) is 0 Å². The summed E-state index contributed by atoms with van der Waals surface area (Å²) in [6, 6.07) is 43.9. The van der Waals surface area contributed by atoms with E-state index in [0.29, 0.717) is 12.3 Å². The van der Waals surface area contributed by atoms with Gasteiger partial charge in [0.2, 0.25) is 5.88 Å². The number of unbranched alkanes of at least 4 members (excludes halogenated alkanes) is 1. The lowest BCUT2D eigenvalue weighted by atomic mass is 9.70. The second-order valence-corrected chi connectivity index (χ2v) is 13.0. The number of aliphatic hydroxyl groups is 1. The van der Waals surface area contributed by atoms with Crippen LogP contribution in [0, 0.1) is 0 Å². The first-order valence-electron chi connectivity index (χ1n) is 16.7. The zero-order valence-electron chi connectivity index (χ0n) is 27.8. The highest BCUT2D eigenvalue weighted by molar-refractivity contribution is 5.85. The molecule has 0 bridgehead atoms. The monoisotopic (exact) mass is 631 g/mol. The van der Waals surface area contributed by atoms with E-state index in [1.807, 2.05) is 42.6 Å². The number of nitrogens with zero attached hydrogens (tertiary/aromatic N) is 3. The summed E-state index contributed by atoms with van der Waals surface area (Å²) in [7, 11) is 5.85. The minimum Gasteiger partial charge on any atom is -0.481 e. The predicted octanol–water partition coefficient (Wildman–Crippen LogP) is 9.36. The molecule has 0 spiro atoms.